The van der Waals surface area contributed by atoms with Crippen LogP contribution < -0.4 is 14.8 Å². The number of hydrogen-bond acceptors (Lipinski definition) is 3. The lowest BCUT2D eigenvalue weighted by Crippen LogP contribution is -2.41. The number of amidine groups is 1. The molecule has 18 heavy (non-hydrogen) atoms. The minimum absolute atomic E-state index is 0.0487. The molecule has 0 radical (unpaired) electrons. The maximum absolute atomic E-state index is 11.9. The van der Waals surface area contributed by atoms with Gasteiger partial charge in [0.15, 0.2) is 0 Å². The van der Waals surface area contributed by atoms with Crippen LogP contribution in [-0.4, -0.2) is 27.3 Å². The monoisotopic (exact) mass is 270 g/mol. The Hall–Kier alpha value is -1.60. The Kier molecular flexibility index (Phi) is 4.31. The third kappa shape index (κ3) is 3.44. The van der Waals surface area contributed by atoms with E-state index in [2.05, 4.69) is 4.72 Å². The lowest BCUT2D eigenvalue weighted by atomic mass is 10.2. The average molecular weight is 270 g/mol. The molecule has 0 aliphatic rings. The van der Waals surface area contributed by atoms with E-state index >= 15 is 0 Å². The van der Waals surface area contributed by atoms with E-state index in [0.29, 0.717) is 11.3 Å². The number of benzene rings is 1. The van der Waals surface area contributed by atoms with Gasteiger partial charge in [-0.05, 0) is 38.1 Å². The predicted octanol–water partition coefficient (Wildman–Crippen LogP) is 0.650. The van der Waals surface area contributed by atoms with Crippen LogP contribution in [0.25, 0.3) is 0 Å². The van der Waals surface area contributed by atoms with Crippen molar-refractivity contribution in [2.45, 2.75) is 19.9 Å². The van der Waals surface area contributed by atoms with E-state index in [1.165, 1.54) is 7.05 Å². The van der Waals surface area contributed by atoms with Gasteiger partial charge in [0.25, 0.3) is 0 Å². The lowest BCUT2D eigenvalue weighted by molar-refractivity contribution is 0.568. The van der Waals surface area contributed by atoms with Crippen molar-refractivity contribution in [3.05, 3.63) is 29.8 Å². The second kappa shape index (κ2) is 5.36. The molecule has 0 aliphatic heterocycles. The molecule has 0 saturated carbocycles. The fraction of sp³-hybridized carbons (Fsp3) is 0.364. The summed E-state index contributed by atoms with van der Waals surface area (Å²) in [6.07, 6.45) is 0. The summed E-state index contributed by atoms with van der Waals surface area (Å²) in [7, 11) is -2.08. The second-order valence-corrected chi connectivity index (χ2v) is 5.94. The van der Waals surface area contributed by atoms with Gasteiger partial charge in [-0.1, -0.05) is 0 Å². The molecular weight excluding hydrogens is 252 g/mol. The van der Waals surface area contributed by atoms with Crippen molar-refractivity contribution in [3.63, 3.8) is 0 Å². The molecule has 0 heterocycles. The van der Waals surface area contributed by atoms with E-state index < -0.39 is 10.2 Å². The molecule has 0 atom stereocenters. The topological polar surface area (TPSA) is 99.3 Å². The summed E-state index contributed by atoms with van der Waals surface area (Å²) < 4.78 is 27.5. The third-order valence-corrected chi connectivity index (χ3v) is 3.99. The van der Waals surface area contributed by atoms with Gasteiger partial charge < -0.3 is 5.73 Å². The van der Waals surface area contributed by atoms with Gasteiger partial charge in [-0.3, -0.25) is 9.71 Å². The van der Waals surface area contributed by atoms with Crippen LogP contribution in [0.4, 0.5) is 5.69 Å². The highest BCUT2D eigenvalue weighted by Crippen LogP contribution is 2.16. The largest absolute Gasteiger partial charge is 0.384 e. The smallest absolute Gasteiger partial charge is 0.301 e. The molecule has 0 bridgehead atoms. The molecular formula is C11H18N4O2S. The van der Waals surface area contributed by atoms with Crippen molar-refractivity contribution in [1.29, 1.82) is 5.41 Å². The number of hydrogen-bond donors (Lipinski definition) is 3. The third-order valence-electron chi connectivity index (χ3n) is 2.29. The molecule has 4 N–H and O–H groups in total. The molecule has 0 unspecified atom stereocenters. The highest BCUT2D eigenvalue weighted by molar-refractivity contribution is 7.90. The van der Waals surface area contributed by atoms with E-state index in [1.807, 2.05) is 0 Å². The molecule has 1 aromatic carbocycles. The summed E-state index contributed by atoms with van der Waals surface area (Å²) >= 11 is 0. The summed E-state index contributed by atoms with van der Waals surface area (Å²) in [6, 6.07) is 6.26. The summed E-state index contributed by atoms with van der Waals surface area (Å²) in [5.74, 6) is -0.0487. The molecule has 6 nitrogen and oxygen atoms in total. The quantitative estimate of drug-likeness (QED) is 0.541. The van der Waals surface area contributed by atoms with Gasteiger partial charge in [0.05, 0.1) is 5.69 Å². The minimum atomic E-state index is -3.55. The van der Waals surface area contributed by atoms with Gasteiger partial charge in [0.1, 0.15) is 5.84 Å². The van der Waals surface area contributed by atoms with E-state index in [0.717, 1.165) is 4.31 Å². The second-order valence-electron chi connectivity index (χ2n) is 4.21. The summed E-state index contributed by atoms with van der Waals surface area (Å²) in [5.41, 5.74) is 6.40. The average Bonchev–Trinajstić information content (AvgIpc) is 2.26. The van der Waals surface area contributed by atoms with Crippen LogP contribution in [0.15, 0.2) is 24.3 Å². The van der Waals surface area contributed by atoms with Gasteiger partial charge in [0, 0.05) is 18.7 Å². The van der Waals surface area contributed by atoms with Crippen molar-refractivity contribution < 1.29 is 8.42 Å². The highest BCUT2D eigenvalue weighted by Gasteiger charge is 2.18. The van der Waals surface area contributed by atoms with Crippen LogP contribution in [0.2, 0.25) is 0 Å². The molecule has 0 amide bonds. The van der Waals surface area contributed by atoms with Gasteiger partial charge >= 0.3 is 10.2 Å². The number of nitrogens with zero attached hydrogens (tertiary/aromatic N) is 1. The number of nitrogen functional groups attached to an aromatic ring is 1. The lowest BCUT2D eigenvalue weighted by Gasteiger charge is -2.21. The number of nitrogens with two attached hydrogens (primary N) is 1. The zero-order chi connectivity index (χ0) is 13.9. The van der Waals surface area contributed by atoms with Crippen LogP contribution in [0.5, 0.6) is 0 Å². The van der Waals surface area contributed by atoms with Crippen molar-refractivity contribution in [1.82, 2.24) is 4.72 Å². The molecule has 100 valence electrons. The summed E-state index contributed by atoms with van der Waals surface area (Å²) in [4.78, 5) is 0. The zero-order valence-corrected chi connectivity index (χ0v) is 11.5. The first-order valence-corrected chi connectivity index (χ1v) is 6.88. The minimum Gasteiger partial charge on any atom is -0.384 e. The Labute approximate surface area is 107 Å². The standard InChI is InChI=1S/C11H18N4O2S/c1-8(2)14-18(16,17)15(3)10-6-4-9(5-7-10)11(12)13/h4-8,14H,1-3H3,(H3,12,13). The number of anilines is 1. The van der Waals surface area contributed by atoms with Crippen molar-refractivity contribution in [2.75, 3.05) is 11.4 Å². The molecule has 7 heteroatoms. The SMILES string of the molecule is CC(C)NS(=O)(=O)N(C)c1ccc(C(=N)N)cc1. The highest BCUT2D eigenvalue weighted by atomic mass is 32.2. The van der Waals surface area contributed by atoms with Gasteiger partial charge in [-0.15, -0.1) is 0 Å². The molecule has 1 rings (SSSR count). The molecule has 1 aromatic rings. The first-order chi connectivity index (χ1) is 8.24. The van der Waals surface area contributed by atoms with Crippen molar-refractivity contribution in [2.24, 2.45) is 5.73 Å². The first-order valence-electron chi connectivity index (χ1n) is 5.44. The predicted molar refractivity (Wildman–Crippen MR) is 73.1 cm³/mol. The van der Waals surface area contributed by atoms with E-state index in [4.69, 9.17) is 11.1 Å². The molecule has 0 fully saturated rings. The molecule has 0 aliphatic carbocycles. The maximum atomic E-state index is 11.9. The van der Waals surface area contributed by atoms with E-state index in [-0.39, 0.29) is 11.9 Å². The van der Waals surface area contributed by atoms with Gasteiger partial charge in [0.2, 0.25) is 0 Å². The number of rotatable bonds is 5. The Morgan fingerprint density at radius 2 is 1.83 bits per heavy atom. The van der Waals surface area contributed by atoms with Crippen molar-refractivity contribution in [3.8, 4) is 0 Å². The van der Waals surface area contributed by atoms with Crippen LogP contribution in [0.3, 0.4) is 0 Å². The van der Waals surface area contributed by atoms with Crippen LogP contribution in [0, 0.1) is 5.41 Å². The van der Waals surface area contributed by atoms with Crippen LogP contribution in [-0.2, 0) is 10.2 Å². The Balaban J connectivity index is 2.97. The Morgan fingerprint density at radius 1 is 1.33 bits per heavy atom. The Morgan fingerprint density at radius 3 is 2.22 bits per heavy atom. The van der Waals surface area contributed by atoms with Crippen molar-refractivity contribution >= 4 is 21.7 Å². The maximum Gasteiger partial charge on any atom is 0.301 e. The van der Waals surface area contributed by atoms with Crippen LogP contribution in [0.1, 0.15) is 19.4 Å². The number of nitrogens with one attached hydrogen (secondary N) is 2. The van der Waals surface area contributed by atoms with E-state index in [9.17, 15) is 8.42 Å². The fourth-order valence-electron chi connectivity index (χ4n) is 1.37. The van der Waals surface area contributed by atoms with Gasteiger partial charge in [-0.25, -0.2) is 0 Å². The molecule has 0 saturated heterocycles. The normalized spacial score (nSPS) is 11.6. The Bertz CT molecular complexity index is 522. The summed E-state index contributed by atoms with van der Waals surface area (Å²) in [6.45, 7) is 3.51. The van der Waals surface area contributed by atoms with Crippen LogP contribution >= 0.6 is 0 Å². The first kappa shape index (κ1) is 14.5. The molecule has 0 spiro atoms. The van der Waals surface area contributed by atoms with E-state index in [1.54, 1.807) is 38.1 Å². The molecule has 0 aromatic heterocycles. The fourth-order valence-corrected chi connectivity index (χ4v) is 2.52. The summed E-state index contributed by atoms with van der Waals surface area (Å²) in [5, 5.41) is 7.26. The zero-order valence-electron chi connectivity index (χ0n) is 10.6. The van der Waals surface area contributed by atoms with Gasteiger partial charge in [-0.2, -0.15) is 13.1 Å².